The fraction of sp³-hybridized carbons (Fsp3) is 0.333. The summed E-state index contributed by atoms with van der Waals surface area (Å²) in [5.41, 5.74) is 0.908. The zero-order valence-corrected chi connectivity index (χ0v) is 10.1. The highest BCUT2D eigenvalue weighted by Gasteiger charge is 2.27. The van der Waals surface area contributed by atoms with Crippen LogP contribution in [0.1, 0.15) is 23.0 Å². The fourth-order valence-corrected chi connectivity index (χ4v) is 2.15. The molecule has 0 aromatic carbocycles. The zero-order valence-electron chi connectivity index (χ0n) is 10.1. The van der Waals surface area contributed by atoms with Crippen molar-refractivity contribution >= 4 is 5.97 Å². The summed E-state index contributed by atoms with van der Waals surface area (Å²) in [7, 11) is 0. The molecule has 2 aromatic heterocycles. The summed E-state index contributed by atoms with van der Waals surface area (Å²) in [5, 5.41) is 16.9. The Morgan fingerprint density at radius 2 is 2.37 bits per heavy atom. The summed E-state index contributed by atoms with van der Waals surface area (Å²) < 4.78 is 6.93. The molecule has 1 unspecified atom stereocenters. The molecule has 0 amide bonds. The topological polar surface area (TPSA) is 90.1 Å². The largest absolute Gasteiger partial charge is 0.476 e. The van der Waals surface area contributed by atoms with Gasteiger partial charge in [-0.25, -0.2) is 9.48 Å². The molecule has 0 radical (unpaired) electrons. The molecule has 7 heteroatoms. The van der Waals surface area contributed by atoms with Crippen LogP contribution in [0.5, 0.6) is 0 Å². The summed E-state index contributed by atoms with van der Waals surface area (Å²) in [6.45, 7) is 1.16. The Morgan fingerprint density at radius 3 is 3.00 bits per heavy atom. The van der Waals surface area contributed by atoms with Crippen molar-refractivity contribution in [1.82, 2.24) is 20.0 Å². The van der Waals surface area contributed by atoms with E-state index in [2.05, 4.69) is 15.3 Å². The molecule has 98 valence electrons. The number of nitrogens with zero attached hydrogens (tertiary/aromatic N) is 4. The second-order valence-electron chi connectivity index (χ2n) is 4.27. The van der Waals surface area contributed by atoms with Gasteiger partial charge in [0.05, 0.1) is 18.3 Å². The van der Waals surface area contributed by atoms with Gasteiger partial charge in [0.2, 0.25) is 0 Å². The Morgan fingerprint density at radius 1 is 1.47 bits per heavy atom. The second-order valence-corrected chi connectivity index (χ2v) is 4.27. The minimum absolute atomic E-state index is 0.0117. The summed E-state index contributed by atoms with van der Waals surface area (Å²) >= 11 is 0. The third-order valence-electron chi connectivity index (χ3n) is 3.06. The highest BCUT2D eigenvalue weighted by molar-refractivity contribution is 5.92. The number of pyridine rings is 1. The predicted octanol–water partition coefficient (Wildman–Crippen LogP) is 1.000. The van der Waals surface area contributed by atoms with Crippen LogP contribution in [-0.4, -0.2) is 44.3 Å². The fourth-order valence-electron chi connectivity index (χ4n) is 2.15. The first-order valence-corrected chi connectivity index (χ1v) is 5.95. The molecule has 1 N–H and O–H groups in total. The SMILES string of the molecule is O=C(O)c1nnn(C2CCOC2)c1-c1ccccn1. The first-order valence-electron chi connectivity index (χ1n) is 5.95. The minimum Gasteiger partial charge on any atom is -0.476 e. The molecule has 1 aliphatic heterocycles. The van der Waals surface area contributed by atoms with Gasteiger partial charge in [-0.1, -0.05) is 11.3 Å². The van der Waals surface area contributed by atoms with Crippen LogP contribution in [0, 0.1) is 0 Å². The van der Waals surface area contributed by atoms with Crippen LogP contribution in [0.2, 0.25) is 0 Å². The first-order chi connectivity index (χ1) is 9.27. The van der Waals surface area contributed by atoms with E-state index in [0.29, 0.717) is 24.6 Å². The van der Waals surface area contributed by atoms with Gasteiger partial charge >= 0.3 is 5.97 Å². The lowest BCUT2D eigenvalue weighted by molar-refractivity contribution is 0.0691. The number of rotatable bonds is 3. The number of carbonyl (C=O) groups is 1. The summed E-state index contributed by atoms with van der Waals surface area (Å²) in [6, 6.07) is 5.34. The van der Waals surface area contributed by atoms with E-state index in [4.69, 9.17) is 4.74 Å². The third-order valence-corrected chi connectivity index (χ3v) is 3.06. The van der Waals surface area contributed by atoms with Gasteiger partial charge in [0, 0.05) is 12.8 Å². The molecule has 0 spiro atoms. The normalized spacial score (nSPS) is 18.6. The molecule has 2 aromatic rings. The number of carboxylic acids is 1. The van der Waals surface area contributed by atoms with Crippen molar-refractivity contribution in [3.05, 3.63) is 30.1 Å². The van der Waals surface area contributed by atoms with E-state index in [-0.39, 0.29) is 11.7 Å². The minimum atomic E-state index is -1.11. The van der Waals surface area contributed by atoms with Gasteiger partial charge in [0.25, 0.3) is 0 Å². The Labute approximate surface area is 108 Å². The van der Waals surface area contributed by atoms with Crippen LogP contribution in [0.3, 0.4) is 0 Å². The average Bonchev–Trinajstić information content (AvgIpc) is 3.08. The van der Waals surface area contributed by atoms with Gasteiger partial charge in [0.1, 0.15) is 5.69 Å². The molecule has 19 heavy (non-hydrogen) atoms. The van der Waals surface area contributed by atoms with Crippen molar-refractivity contribution in [1.29, 1.82) is 0 Å². The van der Waals surface area contributed by atoms with Gasteiger partial charge in [-0.15, -0.1) is 5.10 Å². The van der Waals surface area contributed by atoms with Crippen LogP contribution in [0.25, 0.3) is 11.4 Å². The lowest BCUT2D eigenvalue weighted by Gasteiger charge is -2.11. The van der Waals surface area contributed by atoms with Crippen molar-refractivity contribution in [2.24, 2.45) is 0 Å². The second kappa shape index (κ2) is 4.77. The molecule has 1 aliphatic rings. The molecule has 1 fully saturated rings. The number of hydrogen-bond acceptors (Lipinski definition) is 5. The quantitative estimate of drug-likeness (QED) is 0.885. The lowest BCUT2D eigenvalue weighted by Crippen LogP contribution is -2.13. The van der Waals surface area contributed by atoms with Crippen molar-refractivity contribution in [2.45, 2.75) is 12.5 Å². The van der Waals surface area contributed by atoms with Crippen LogP contribution >= 0.6 is 0 Å². The van der Waals surface area contributed by atoms with Crippen molar-refractivity contribution in [3.63, 3.8) is 0 Å². The van der Waals surface area contributed by atoms with Crippen LogP contribution in [0.4, 0.5) is 0 Å². The number of hydrogen-bond donors (Lipinski definition) is 1. The Bertz CT molecular complexity index is 590. The number of aromatic carboxylic acids is 1. The summed E-state index contributed by atoms with van der Waals surface area (Å²) in [5.74, 6) is -1.11. The third kappa shape index (κ3) is 2.08. The Balaban J connectivity index is 2.13. The highest BCUT2D eigenvalue weighted by Crippen LogP contribution is 2.27. The van der Waals surface area contributed by atoms with Crippen LogP contribution < -0.4 is 0 Å². The average molecular weight is 260 g/mol. The van der Waals surface area contributed by atoms with Crippen molar-refractivity contribution in [2.75, 3.05) is 13.2 Å². The molecular formula is C12H12N4O3. The van der Waals surface area contributed by atoms with E-state index in [9.17, 15) is 9.90 Å². The molecule has 3 heterocycles. The molecular weight excluding hydrogens is 248 g/mol. The molecule has 0 bridgehead atoms. The van der Waals surface area contributed by atoms with Crippen LogP contribution in [0.15, 0.2) is 24.4 Å². The van der Waals surface area contributed by atoms with Gasteiger partial charge in [-0.3, -0.25) is 4.98 Å². The molecule has 7 nitrogen and oxygen atoms in total. The van der Waals surface area contributed by atoms with Gasteiger partial charge in [-0.2, -0.15) is 0 Å². The van der Waals surface area contributed by atoms with E-state index in [1.54, 1.807) is 29.1 Å². The number of carboxylic acid groups (broad SMARTS) is 1. The van der Waals surface area contributed by atoms with Gasteiger partial charge in [-0.05, 0) is 18.6 Å². The molecule has 1 saturated heterocycles. The van der Waals surface area contributed by atoms with E-state index in [1.807, 2.05) is 0 Å². The summed E-state index contributed by atoms with van der Waals surface area (Å²) in [6.07, 6.45) is 2.41. The molecule has 0 aliphatic carbocycles. The number of ether oxygens (including phenoxy) is 1. The monoisotopic (exact) mass is 260 g/mol. The van der Waals surface area contributed by atoms with E-state index >= 15 is 0 Å². The molecule has 1 atom stereocenters. The number of aromatic nitrogens is 4. The van der Waals surface area contributed by atoms with Crippen molar-refractivity contribution in [3.8, 4) is 11.4 Å². The standard InChI is InChI=1S/C12H12N4O3/c17-12(18)10-11(9-3-1-2-5-13-9)16(15-14-10)8-4-6-19-7-8/h1-3,5,8H,4,6-7H2,(H,17,18). The predicted molar refractivity (Wildman–Crippen MR) is 64.7 cm³/mol. The Hall–Kier alpha value is -2.28. The maximum absolute atomic E-state index is 11.2. The van der Waals surface area contributed by atoms with Crippen molar-refractivity contribution < 1.29 is 14.6 Å². The first kappa shape index (κ1) is 11.8. The smallest absolute Gasteiger partial charge is 0.358 e. The highest BCUT2D eigenvalue weighted by atomic mass is 16.5. The summed E-state index contributed by atoms with van der Waals surface area (Å²) in [4.78, 5) is 15.4. The maximum atomic E-state index is 11.2. The molecule has 0 saturated carbocycles. The van der Waals surface area contributed by atoms with E-state index < -0.39 is 5.97 Å². The van der Waals surface area contributed by atoms with Gasteiger partial charge in [0.15, 0.2) is 5.69 Å². The van der Waals surface area contributed by atoms with Gasteiger partial charge < -0.3 is 9.84 Å². The van der Waals surface area contributed by atoms with Crippen LogP contribution in [-0.2, 0) is 4.74 Å². The zero-order chi connectivity index (χ0) is 13.2. The van der Waals surface area contributed by atoms with E-state index in [0.717, 1.165) is 6.42 Å². The lowest BCUT2D eigenvalue weighted by atomic mass is 10.2. The molecule has 3 rings (SSSR count). The Kier molecular flexibility index (Phi) is 2.96. The van der Waals surface area contributed by atoms with E-state index in [1.165, 1.54) is 0 Å². The maximum Gasteiger partial charge on any atom is 0.358 e.